The predicted molar refractivity (Wildman–Crippen MR) is 121 cm³/mol. The van der Waals surface area contributed by atoms with Crippen LogP contribution in [0.4, 0.5) is 0 Å². The van der Waals surface area contributed by atoms with Crippen LogP contribution in [0.3, 0.4) is 0 Å². The molecule has 1 unspecified atom stereocenters. The van der Waals surface area contributed by atoms with Crippen LogP contribution in [0.25, 0.3) is 10.9 Å². The molecule has 0 saturated carbocycles. The molecule has 2 atom stereocenters. The van der Waals surface area contributed by atoms with Gasteiger partial charge in [0.1, 0.15) is 6.04 Å². The van der Waals surface area contributed by atoms with Crippen LogP contribution in [0, 0.1) is 0 Å². The fraction of sp³-hybridized carbons (Fsp3) is 0.360. The third-order valence-electron chi connectivity index (χ3n) is 6.49. The Morgan fingerprint density at radius 3 is 2.55 bits per heavy atom. The molecule has 2 aliphatic rings. The van der Waals surface area contributed by atoms with Gasteiger partial charge in [0.05, 0.1) is 12.6 Å². The van der Waals surface area contributed by atoms with Gasteiger partial charge < -0.3 is 19.7 Å². The Hall–Kier alpha value is -3.12. The Morgan fingerprint density at radius 1 is 1.03 bits per heavy atom. The van der Waals surface area contributed by atoms with Gasteiger partial charge >= 0.3 is 0 Å². The highest BCUT2D eigenvalue weighted by atomic mass is 16.2. The van der Waals surface area contributed by atoms with E-state index in [1.165, 1.54) is 0 Å². The summed E-state index contributed by atoms with van der Waals surface area (Å²) in [7, 11) is 4.05. The number of nitrogens with one attached hydrogen (secondary N) is 1. The first kappa shape index (κ1) is 19.8. The van der Waals surface area contributed by atoms with E-state index in [-0.39, 0.29) is 24.4 Å². The lowest BCUT2D eigenvalue weighted by atomic mass is 9.86. The van der Waals surface area contributed by atoms with Gasteiger partial charge in [-0.25, -0.2) is 0 Å². The highest BCUT2D eigenvalue weighted by Crippen LogP contribution is 2.42. The van der Waals surface area contributed by atoms with Crippen molar-refractivity contribution < 1.29 is 9.59 Å². The number of benzene rings is 2. The number of aromatic amines is 1. The molecule has 160 valence electrons. The van der Waals surface area contributed by atoms with E-state index in [2.05, 4.69) is 22.0 Å². The number of aromatic nitrogens is 1. The lowest BCUT2D eigenvalue weighted by molar-refractivity contribution is -0.158. The van der Waals surface area contributed by atoms with Crippen LogP contribution in [-0.4, -0.2) is 71.3 Å². The first-order valence-electron chi connectivity index (χ1n) is 10.9. The van der Waals surface area contributed by atoms with Crippen molar-refractivity contribution in [1.82, 2.24) is 19.7 Å². The molecule has 3 heterocycles. The summed E-state index contributed by atoms with van der Waals surface area (Å²) in [6.45, 7) is 1.66. The van der Waals surface area contributed by atoms with Gasteiger partial charge in [-0.2, -0.15) is 0 Å². The van der Waals surface area contributed by atoms with Crippen LogP contribution in [-0.2, 0) is 16.0 Å². The number of para-hydroxylation sites is 1. The summed E-state index contributed by atoms with van der Waals surface area (Å²) < 4.78 is 0. The fourth-order valence-corrected chi connectivity index (χ4v) is 5.07. The molecule has 1 aromatic heterocycles. The Kier molecular flexibility index (Phi) is 5.02. The normalized spacial score (nSPS) is 21.0. The molecule has 6 nitrogen and oxygen atoms in total. The zero-order chi connectivity index (χ0) is 21.5. The third-order valence-corrected chi connectivity index (χ3v) is 6.49. The number of hydrogen-bond donors (Lipinski definition) is 1. The molecule has 0 bridgehead atoms. The molecule has 3 aromatic rings. The molecular weight excluding hydrogens is 388 g/mol. The van der Waals surface area contributed by atoms with Crippen molar-refractivity contribution in [2.75, 3.05) is 33.7 Å². The molecule has 2 aromatic carbocycles. The van der Waals surface area contributed by atoms with Gasteiger partial charge in [-0.1, -0.05) is 48.5 Å². The van der Waals surface area contributed by atoms with Crippen LogP contribution in [0.15, 0.2) is 54.6 Å². The number of amides is 2. The molecular formula is C25H28N4O2. The molecule has 1 fully saturated rings. The van der Waals surface area contributed by atoms with Crippen LogP contribution in [0.5, 0.6) is 0 Å². The first-order valence-corrected chi connectivity index (χ1v) is 10.9. The largest absolute Gasteiger partial charge is 0.356 e. The van der Waals surface area contributed by atoms with Crippen LogP contribution < -0.4 is 0 Å². The second kappa shape index (κ2) is 7.85. The predicted octanol–water partition coefficient (Wildman–Crippen LogP) is 2.80. The van der Waals surface area contributed by atoms with Gasteiger partial charge in [-0.3, -0.25) is 9.59 Å². The van der Waals surface area contributed by atoms with E-state index in [4.69, 9.17) is 0 Å². The number of nitrogens with zero attached hydrogens (tertiary/aromatic N) is 3. The van der Waals surface area contributed by atoms with Gasteiger partial charge in [-0.15, -0.1) is 0 Å². The van der Waals surface area contributed by atoms with Crippen molar-refractivity contribution in [3.63, 3.8) is 0 Å². The van der Waals surface area contributed by atoms with Crippen LogP contribution in [0.1, 0.15) is 29.3 Å². The zero-order valence-electron chi connectivity index (χ0n) is 18.0. The molecule has 6 heteroatoms. The number of carbonyl (C=O) groups is 2. The third kappa shape index (κ3) is 3.41. The topological polar surface area (TPSA) is 59.6 Å². The van der Waals surface area contributed by atoms with Crippen LogP contribution in [0.2, 0.25) is 0 Å². The summed E-state index contributed by atoms with van der Waals surface area (Å²) in [6, 6.07) is 17.5. The molecule has 1 saturated heterocycles. The van der Waals surface area contributed by atoms with E-state index < -0.39 is 6.04 Å². The molecule has 0 spiro atoms. The summed E-state index contributed by atoms with van der Waals surface area (Å²) in [5, 5.41) is 1.14. The SMILES string of the molecule is CN(C)CCCN1CC(=O)N2C(c3ccccc3)c3[nH]c4ccccc4c3C[C@H]2C1=O. The standard InChI is InChI=1S/C25H28N4O2/c1-27(2)13-8-14-28-16-22(30)29-21(25(28)31)15-19-18-11-6-7-12-20(18)26-23(19)24(29)17-9-4-3-5-10-17/h3-7,9-12,21,24,26H,8,13-16H2,1-2H3/t21-,24?/m0/s1. The average Bonchev–Trinajstić information content (AvgIpc) is 3.14. The zero-order valence-corrected chi connectivity index (χ0v) is 18.0. The molecule has 1 N–H and O–H groups in total. The van der Waals surface area contributed by atoms with Crippen LogP contribution >= 0.6 is 0 Å². The second-order valence-electron chi connectivity index (χ2n) is 8.81. The Balaban J connectivity index is 1.57. The van der Waals surface area contributed by atoms with Gasteiger partial charge in [0, 0.05) is 29.6 Å². The maximum absolute atomic E-state index is 13.5. The van der Waals surface area contributed by atoms with Crippen molar-refractivity contribution in [2.45, 2.75) is 24.9 Å². The summed E-state index contributed by atoms with van der Waals surface area (Å²) in [5.41, 5.74) is 4.27. The summed E-state index contributed by atoms with van der Waals surface area (Å²) in [4.78, 5) is 36.2. The number of rotatable bonds is 5. The lowest BCUT2D eigenvalue weighted by Gasteiger charge is -2.47. The summed E-state index contributed by atoms with van der Waals surface area (Å²) in [5.74, 6) is 0.0860. The molecule has 2 aliphatic heterocycles. The minimum Gasteiger partial charge on any atom is -0.356 e. The molecule has 0 aliphatic carbocycles. The molecule has 2 amide bonds. The van der Waals surface area contributed by atoms with Gasteiger partial charge in [0.2, 0.25) is 11.8 Å². The van der Waals surface area contributed by atoms with E-state index in [0.29, 0.717) is 13.0 Å². The molecule has 31 heavy (non-hydrogen) atoms. The average molecular weight is 417 g/mol. The van der Waals surface area contributed by atoms with Crippen molar-refractivity contribution in [1.29, 1.82) is 0 Å². The highest BCUT2D eigenvalue weighted by Gasteiger charge is 2.47. The number of hydrogen-bond acceptors (Lipinski definition) is 3. The van der Waals surface area contributed by atoms with E-state index in [1.54, 1.807) is 4.90 Å². The first-order chi connectivity index (χ1) is 15.0. The Labute approximate surface area is 182 Å². The Morgan fingerprint density at radius 2 is 1.77 bits per heavy atom. The van der Waals surface area contributed by atoms with Crippen molar-refractivity contribution in [3.05, 3.63) is 71.4 Å². The van der Waals surface area contributed by atoms with Gasteiger partial charge in [0.15, 0.2) is 0 Å². The summed E-state index contributed by atoms with van der Waals surface area (Å²) in [6.07, 6.45) is 1.41. The number of fused-ring (bicyclic) bond motifs is 4. The lowest BCUT2D eigenvalue weighted by Crippen LogP contribution is -2.63. The van der Waals surface area contributed by atoms with E-state index in [1.807, 2.05) is 61.5 Å². The minimum absolute atomic E-state index is 0.0209. The van der Waals surface area contributed by atoms with E-state index in [9.17, 15) is 9.59 Å². The number of carbonyl (C=O) groups excluding carboxylic acids is 2. The van der Waals surface area contributed by atoms with E-state index in [0.717, 1.165) is 40.7 Å². The molecule has 5 rings (SSSR count). The smallest absolute Gasteiger partial charge is 0.246 e. The second-order valence-corrected chi connectivity index (χ2v) is 8.81. The maximum atomic E-state index is 13.5. The minimum atomic E-state index is -0.461. The van der Waals surface area contributed by atoms with Crippen molar-refractivity contribution >= 4 is 22.7 Å². The summed E-state index contributed by atoms with van der Waals surface area (Å²) >= 11 is 0. The highest BCUT2D eigenvalue weighted by molar-refractivity contribution is 5.97. The number of H-pyrrole nitrogens is 1. The Bertz CT molecular complexity index is 1120. The maximum Gasteiger partial charge on any atom is 0.246 e. The van der Waals surface area contributed by atoms with E-state index >= 15 is 0 Å². The van der Waals surface area contributed by atoms with Crippen molar-refractivity contribution in [3.8, 4) is 0 Å². The van der Waals surface area contributed by atoms with Gasteiger partial charge in [-0.05, 0) is 44.3 Å². The van der Waals surface area contributed by atoms with Crippen molar-refractivity contribution in [2.24, 2.45) is 0 Å². The molecule has 0 radical (unpaired) electrons. The number of piperazine rings is 1. The fourth-order valence-electron chi connectivity index (χ4n) is 5.07. The quantitative estimate of drug-likeness (QED) is 0.696. The monoisotopic (exact) mass is 416 g/mol. The van der Waals surface area contributed by atoms with Gasteiger partial charge in [0.25, 0.3) is 0 Å².